The Kier molecular flexibility index (Phi) is 6.53. The molecule has 1 amide bonds. The van der Waals surface area contributed by atoms with Gasteiger partial charge in [0.2, 0.25) is 0 Å². The second kappa shape index (κ2) is 9.25. The molecule has 182 valence electrons. The van der Waals surface area contributed by atoms with Crippen LogP contribution < -0.4 is 14.8 Å². The van der Waals surface area contributed by atoms with Gasteiger partial charge in [0.15, 0.2) is 5.69 Å². The second-order valence-electron chi connectivity index (χ2n) is 10.1. The maximum absolute atomic E-state index is 12.9. The Bertz CT molecular complexity index is 1190. The van der Waals surface area contributed by atoms with Crippen LogP contribution in [0.15, 0.2) is 36.5 Å². The zero-order valence-corrected chi connectivity index (χ0v) is 20.5. The zero-order chi connectivity index (χ0) is 24.6. The summed E-state index contributed by atoms with van der Waals surface area (Å²) in [5.41, 5.74) is 1.18. The highest BCUT2D eigenvalue weighted by Crippen LogP contribution is 2.38. The molecule has 0 atom stereocenters. The van der Waals surface area contributed by atoms with Gasteiger partial charge < -0.3 is 20.4 Å². The molecule has 2 aromatic heterocycles. The third-order valence-electron chi connectivity index (χ3n) is 6.96. The van der Waals surface area contributed by atoms with E-state index in [0.29, 0.717) is 27.8 Å². The molecule has 2 heterocycles. The van der Waals surface area contributed by atoms with Crippen molar-refractivity contribution in [1.29, 1.82) is 0 Å². The lowest BCUT2D eigenvalue weighted by Gasteiger charge is -2.35. The molecule has 1 aliphatic rings. The van der Waals surface area contributed by atoms with E-state index in [1.807, 2.05) is 44.6 Å². The molecule has 3 aromatic rings. The van der Waals surface area contributed by atoms with E-state index >= 15 is 0 Å². The quantitative estimate of drug-likeness (QED) is 0.410. The molecule has 0 spiro atoms. The number of nitrogens with zero attached hydrogens (tertiary/aromatic N) is 3. The number of pyridine rings is 1. The summed E-state index contributed by atoms with van der Waals surface area (Å²) in [5, 5.41) is 31.5. The molecule has 34 heavy (non-hydrogen) atoms. The molecule has 1 aliphatic carbocycles. The van der Waals surface area contributed by atoms with E-state index in [2.05, 4.69) is 5.32 Å². The molecule has 8 heteroatoms. The average Bonchev–Trinajstić information content (AvgIpc) is 3.20. The smallest absolute Gasteiger partial charge is 0.321 e. The van der Waals surface area contributed by atoms with Crippen molar-refractivity contribution in [3.63, 3.8) is 0 Å². The van der Waals surface area contributed by atoms with Gasteiger partial charge in [0.25, 0.3) is 5.69 Å². The largest absolute Gasteiger partial charge is 0.618 e. The van der Waals surface area contributed by atoms with Gasteiger partial charge in [-0.05, 0) is 57.6 Å². The number of hydrogen-bond acceptors (Lipinski definition) is 5. The van der Waals surface area contributed by atoms with Crippen molar-refractivity contribution in [3.8, 4) is 5.75 Å². The highest BCUT2D eigenvalue weighted by Gasteiger charge is 2.32. The fraction of sp³-hybridized carbons (Fsp3) is 0.500. The number of carbonyl (C=O) groups is 1. The topological polar surface area (TPSA) is 103 Å². The Morgan fingerprint density at radius 2 is 1.97 bits per heavy atom. The number of fused-ring (bicyclic) bond motifs is 1. The summed E-state index contributed by atoms with van der Waals surface area (Å²) in [7, 11) is 1.54. The molecule has 1 fully saturated rings. The average molecular weight is 467 g/mol. The number of amides is 1. The van der Waals surface area contributed by atoms with Gasteiger partial charge >= 0.3 is 5.91 Å². The molecular weight excluding hydrogens is 432 g/mol. The van der Waals surface area contributed by atoms with Crippen molar-refractivity contribution >= 4 is 22.5 Å². The van der Waals surface area contributed by atoms with E-state index < -0.39 is 11.5 Å². The summed E-state index contributed by atoms with van der Waals surface area (Å²) in [6.07, 6.45) is 5.82. The predicted molar refractivity (Wildman–Crippen MR) is 131 cm³/mol. The van der Waals surface area contributed by atoms with Crippen LogP contribution in [0, 0.1) is 11.1 Å². The number of nitrogens with one attached hydrogen (secondary N) is 1. The third-order valence-corrected chi connectivity index (χ3v) is 6.96. The molecular formula is C26H34N4O4. The van der Waals surface area contributed by atoms with Crippen molar-refractivity contribution in [2.75, 3.05) is 12.4 Å². The summed E-state index contributed by atoms with van der Waals surface area (Å²) >= 11 is 0. The molecule has 0 bridgehead atoms. The molecule has 0 saturated heterocycles. The summed E-state index contributed by atoms with van der Waals surface area (Å²) in [5.74, 6) is 0.288. The Morgan fingerprint density at radius 1 is 1.26 bits per heavy atom. The SMILES string of the molecule is COc1cc2nn(C3CCC(C(C)(C)O)CC3)cc2cc1NC(=O)c1cccc(C(C)C)[n+]1[O-]. The van der Waals surface area contributed by atoms with Gasteiger partial charge in [0.05, 0.1) is 30.0 Å². The van der Waals surface area contributed by atoms with Gasteiger partial charge in [-0.15, -0.1) is 0 Å². The number of aromatic nitrogens is 3. The van der Waals surface area contributed by atoms with Crippen LogP contribution in [-0.4, -0.2) is 33.5 Å². The van der Waals surface area contributed by atoms with E-state index in [1.165, 1.54) is 6.07 Å². The summed E-state index contributed by atoms with van der Waals surface area (Å²) in [4.78, 5) is 12.9. The van der Waals surface area contributed by atoms with Crippen LogP contribution >= 0.6 is 0 Å². The molecule has 0 unspecified atom stereocenters. The number of aliphatic hydroxyl groups is 1. The highest BCUT2D eigenvalue weighted by molar-refractivity contribution is 6.04. The first-order valence-corrected chi connectivity index (χ1v) is 11.9. The standard InChI is InChI=1S/C26H34N4O4/c1-16(2)22-7-6-8-23(30(22)33)25(31)27-21-13-17-15-29(28-20(17)14-24(21)34-5)19-11-9-18(10-12-19)26(3,4)32/h6-8,13-16,18-19,32H,9-12H2,1-5H3,(H,27,31). The minimum atomic E-state index is -0.656. The summed E-state index contributed by atoms with van der Waals surface area (Å²) < 4.78 is 8.19. The number of carbonyl (C=O) groups excluding carboxylic acids is 1. The van der Waals surface area contributed by atoms with Gasteiger partial charge in [0.1, 0.15) is 5.75 Å². The van der Waals surface area contributed by atoms with Crippen LogP contribution in [-0.2, 0) is 0 Å². The molecule has 2 N–H and O–H groups in total. The predicted octanol–water partition coefficient (Wildman–Crippen LogP) is 4.56. The van der Waals surface area contributed by atoms with E-state index in [-0.39, 0.29) is 17.7 Å². The number of rotatable bonds is 6. The molecule has 0 radical (unpaired) electrons. The number of ether oxygens (including phenoxy) is 1. The van der Waals surface area contributed by atoms with Crippen LogP contribution in [0.1, 0.15) is 81.5 Å². The Labute approximate surface area is 200 Å². The highest BCUT2D eigenvalue weighted by atomic mass is 16.5. The van der Waals surface area contributed by atoms with Gasteiger partial charge in [-0.3, -0.25) is 9.48 Å². The van der Waals surface area contributed by atoms with Gasteiger partial charge in [-0.2, -0.15) is 9.83 Å². The second-order valence-corrected chi connectivity index (χ2v) is 10.1. The first-order valence-electron chi connectivity index (χ1n) is 11.9. The lowest BCUT2D eigenvalue weighted by molar-refractivity contribution is -0.617. The third kappa shape index (κ3) is 4.73. The molecule has 8 nitrogen and oxygen atoms in total. The minimum Gasteiger partial charge on any atom is -0.618 e. The van der Waals surface area contributed by atoms with Gasteiger partial charge in [-0.25, -0.2) is 0 Å². The van der Waals surface area contributed by atoms with Crippen molar-refractivity contribution in [2.45, 2.75) is 70.9 Å². The zero-order valence-electron chi connectivity index (χ0n) is 20.5. The molecule has 4 rings (SSSR count). The van der Waals surface area contributed by atoms with Crippen LogP contribution in [0.4, 0.5) is 5.69 Å². The lowest BCUT2D eigenvalue weighted by atomic mass is 9.77. The number of methoxy groups -OCH3 is 1. The summed E-state index contributed by atoms with van der Waals surface area (Å²) in [6.45, 7) is 7.60. The maximum atomic E-state index is 12.9. The van der Waals surface area contributed by atoms with E-state index in [9.17, 15) is 15.1 Å². The molecule has 1 saturated carbocycles. The lowest BCUT2D eigenvalue weighted by Crippen LogP contribution is -2.41. The normalized spacial score (nSPS) is 18.9. The number of hydrogen-bond donors (Lipinski definition) is 2. The maximum Gasteiger partial charge on any atom is 0.321 e. The summed E-state index contributed by atoms with van der Waals surface area (Å²) in [6, 6.07) is 8.87. The van der Waals surface area contributed by atoms with E-state index in [4.69, 9.17) is 9.84 Å². The van der Waals surface area contributed by atoms with E-state index in [1.54, 1.807) is 25.3 Å². The fourth-order valence-electron chi connectivity index (χ4n) is 4.87. The van der Waals surface area contributed by atoms with Crippen molar-refractivity contribution < 1.29 is 19.4 Å². The van der Waals surface area contributed by atoms with Crippen LogP contribution in [0.3, 0.4) is 0 Å². The number of anilines is 1. The Hall–Kier alpha value is -3.13. The fourth-order valence-corrected chi connectivity index (χ4v) is 4.87. The van der Waals surface area contributed by atoms with Crippen LogP contribution in [0.5, 0.6) is 5.75 Å². The van der Waals surface area contributed by atoms with Crippen LogP contribution in [0.2, 0.25) is 0 Å². The first-order chi connectivity index (χ1) is 16.1. The Balaban J connectivity index is 1.58. The van der Waals surface area contributed by atoms with Crippen molar-refractivity contribution in [1.82, 2.24) is 9.78 Å². The number of benzene rings is 1. The Morgan fingerprint density at radius 3 is 2.59 bits per heavy atom. The van der Waals surface area contributed by atoms with Crippen molar-refractivity contribution in [2.24, 2.45) is 5.92 Å². The van der Waals surface area contributed by atoms with E-state index in [0.717, 1.165) is 36.6 Å². The van der Waals surface area contributed by atoms with Crippen LogP contribution in [0.25, 0.3) is 10.9 Å². The van der Waals surface area contributed by atoms with Gasteiger partial charge in [0, 0.05) is 35.7 Å². The van der Waals surface area contributed by atoms with Gasteiger partial charge in [-0.1, -0.05) is 13.8 Å². The first kappa shape index (κ1) is 24.0. The molecule has 0 aliphatic heterocycles. The minimum absolute atomic E-state index is 0.000455. The molecule has 1 aromatic carbocycles. The monoisotopic (exact) mass is 466 g/mol. The van der Waals surface area contributed by atoms with Crippen molar-refractivity contribution in [3.05, 3.63) is 53.1 Å².